The zero-order valence-electron chi connectivity index (χ0n) is 20.5. The summed E-state index contributed by atoms with van der Waals surface area (Å²) in [5.74, 6) is 2.59. The van der Waals surface area contributed by atoms with E-state index >= 15 is 0 Å². The lowest BCUT2D eigenvalue weighted by molar-refractivity contribution is -0.113. The highest BCUT2D eigenvalue weighted by atomic mass is 35.5. The molecule has 0 saturated carbocycles. The van der Waals surface area contributed by atoms with Crippen LogP contribution in [0.4, 0.5) is 5.69 Å². The number of benzene rings is 3. The summed E-state index contributed by atoms with van der Waals surface area (Å²) in [5, 5.41) is 12.8. The fourth-order valence-electron chi connectivity index (χ4n) is 3.45. The van der Waals surface area contributed by atoms with Crippen LogP contribution in [0.2, 0.25) is 5.02 Å². The molecule has 4 aromatic rings. The summed E-state index contributed by atoms with van der Waals surface area (Å²) in [6.45, 7) is 5.10. The molecule has 3 aromatic carbocycles. The van der Waals surface area contributed by atoms with Gasteiger partial charge in [-0.2, -0.15) is 0 Å². The molecule has 0 unspecified atom stereocenters. The summed E-state index contributed by atoms with van der Waals surface area (Å²) in [6, 6.07) is 22.1. The van der Waals surface area contributed by atoms with Gasteiger partial charge in [0, 0.05) is 10.7 Å². The SMILES string of the molecule is CCOc1ccc(-n2c(COc3ccc(Cl)cc3)nnc2SCC(=O)Nc2ccccc2OCC)cc1. The Kier molecular flexibility index (Phi) is 9.29. The predicted molar refractivity (Wildman–Crippen MR) is 145 cm³/mol. The van der Waals surface area contributed by atoms with Crippen molar-refractivity contribution in [1.82, 2.24) is 14.8 Å². The Morgan fingerprint density at radius 3 is 2.30 bits per heavy atom. The van der Waals surface area contributed by atoms with Crippen LogP contribution in [0.3, 0.4) is 0 Å². The number of amides is 1. The summed E-state index contributed by atoms with van der Waals surface area (Å²) in [4.78, 5) is 12.8. The van der Waals surface area contributed by atoms with E-state index in [4.69, 9.17) is 25.8 Å². The molecule has 0 atom stereocenters. The van der Waals surface area contributed by atoms with Crippen LogP contribution in [-0.2, 0) is 11.4 Å². The van der Waals surface area contributed by atoms with Crippen LogP contribution in [0.5, 0.6) is 17.2 Å². The van der Waals surface area contributed by atoms with Crippen LogP contribution in [0, 0.1) is 0 Å². The number of rotatable bonds is 12. The Labute approximate surface area is 224 Å². The van der Waals surface area contributed by atoms with Gasteiger partial charge in [-0.25, -0.2) is 0 Å². The zero-order valence-corrected chi connectivity index (χ0v) is 22.1. The van der Waals surface area contributed by atoms with Gasteiger partial charge in [0.1, 0.15) is 23.9 Å². The molecule has 1 amide bonds. The van der Waals surface area contributed by atoms with Crippen LogP contribution >= 0.6 is 23.4 Å². The molecule has 0 radical (unpaired) electrons. The Bertz CT molecular complexity index is 1310. The van der Waals surface area contributed by atoms with Gasteiger partial charge < -0.3 is 19.5 Å². The van der Waals surface area contributed by atoms with E-state index in [2.05, 4.69) is 15.5 Å². The zero-order chi connectivity index (χ0) is 26.0. The Hall–Kier alpha value is -3.69. The molecular weight excluding hydrogens is 512 g/mol. The number of nitrogens with one attached hydrogen (secondary N) is 1. The second kappa shape index (κ2) is 13.0. The average molecular weight is 539 g/mol. The number of ether oxygens (including phenoxy) is 3. The van der Waals surface area contributed by atoms with Gasteiger partial charge in [-0.05, 0) is 74.5 Å². The first kappa shape index (κ1) is 26.4. The van der Waals surface area contributed by atoms with Gasteiger partial charge in [-0.3, -0.25) is 9.36 Å². The minimum Gasteiger partial charge on any atom is -0.494 e. The van der Waals surface area contributed by atoms with Crippen molar-refractivity contribution in [2.45, 2.75) is 25.6 Å². The molecule has 0 aliphatic carbocycles. The molecule has 1 heterocycles. The van der Waals surface area contributed by atoms with Crippen molar-refractivity contribution in [2.24, 2.45) is 0 Å². The van der Waals surface area contributed by atoms with E-state index in [0.29, 0.717) is 46.4 Å². The van der Waals surface area contributed by atoms with Crippen molar-refractivity contribution in [3.8, 4) is 22.9 Å². The van der Waals surface area contributed by atoms with Crippen molar-refractivity contribution in [1.29, 1.82) is 0 Å². The monoisotopic (exact) mass is 538 g/mol. The van der Waals surface area contributed by atoms with Gasteiger partial charge in [0.15, 0.2) is 11.0 Å². The molecule has 4 rings (SSSR count). The molecule has 10 heteroatoms. The summed E-state index contributed by atoms with van der Waals surface area (Å²) >= 11 is 7.25. The number of para-hydroxylation sites is 2. The first-order chi connectivity index (χ1) is 18.1. The fraction of sp³-hybridized carbons (Fsp3) is 0.222. The van der Waals surface area contributed by atoms with E-state index in [1.165, 1.54) is 11.8 Å². The van der Waals surface area contributed by atoms with Crippen molar-refractivity contribution in [3.05, 3.63) is 83.6 Å². The normalized spacial score (nSPS) is 10.7. The van der Waals surface area contributed by atoms with E-state index in [-0.39, 0.29) is 18.3 Å². The lowest BCUT2D eigenvalue weighted by Gasteiger charge is -2.13. The fourth-order valence-corrected chi connectivity index (χ4v) is 4.35. The number of halogens is 1. The number of aromatic nitrogens is 3. The van der Waals surface area contributed by atoms with Gasteiger partial charge in [-0.1, -0.05) is 35.5 Å². The standard InChI is InChI=1S/C27H27ClN4O4S/c1-3-34-21-15-11-20(12-16-21)32-25(17-36-22-13-9-19(28)10-14-22)30-31-27(32)37-18-26(33)29-23-7-5-6-8-24(23)35-4-2/h5-16H,3-4,17-18H2,1-2H3,(H,29,33). The van der Waals surface area contributed by atoms with Gasteiger partial charge in [-0.15, -0.1) is 10.2 Å². The smallest absolute Gasteiger partial charge is 0.234 e. The quantitative estimate of drug-likeness (QED) is 0.220. The van der Waals surface area contributed by atoms with Crippen molar-refractivity contribution >= 4 is 35.0 Å². The number of carbonyl (C=O) groups is 1. The summed E-state index contributed by atoms with van der Waals surface area (Å²) in [5.41, 5.74) is 1.45. The first-order valence-electron chi connectivity index (χ1n) is 11.8. The number of carbonyl (C=O) groups excluding carboxylic acids is 1. The van der Waals surface area contributed by atoms with E-state index in [0.717, 1.165) is 11.4 Å². The van der Waals surface area contributed by atoms with Crippen molar-refractivity contribution in [3.63, 3.8) is 0 Å². The summed E-state index contributed by atoms with van der Waals surface area (Å²) < 4.78 is 19.0. The van der Waals surface area contributed by atoms with Gasteiger partial charge >= 0.3 is 0 Å². The molecule has 37 heavy (non-hydrogen) atoms. The molecule has 0 aliphatic heterocycles. The first-order valence-corrected chi connectivity index (χ1v) is 13.1. The van der Waals surface area contributed by atoms with Gasteiger partial charge in [0.2, 0.25) is 5.91 Å². The molecule has 0 saturated heterocycles. The maximum absolute atomic E-state index is 12.8. The predicted octanol–water partition coefficient (Wildman–Crippen LogP) is 6.03. The van der Waals surface area contributed by atoms with E-state index < -0.39 is 0 Å². The molecular formula is C27H27ClN4O4S. The van der Waals surface area contributed by atoms with Crippen LogP contribution < -0.4 is 19.5 Å². The number of hydrogen-bond donors (Lipinski definition) is 1. The van der Waals surface area contributed by atoms with Crippen LogP contribution in [0.1, 0.15) is 19.7 Å². The molecule has 0 aliphatic rings. The molecule has 8 nitrogen and oxygen atoms in total. The number of thioether (sulfide) groups is 1. The third kappa shape index (κ3) is 7.18. The highest BCUT2D eigenvalue weighted by molar-refractivity contribution is 7.99. The van der Waals surface area contributed by atoms with Crippen molar-refractivity contribution < 1.29 is 19.0 Å². The minimum atomic E-state index is -0.183. The van der Waals surface area contributed by atoms with Gasteiger partial charge in [0.25, 0.3) is 0 Å². The summed E-state index contributed by atoms with van der Waals surface area (Å²) in [6.07, 6.45) is 0. The van der Waals surface area contributed by atoms with Crippen molar-refractivity contribution in [2.75, 3.05) is 24.3 Å². The Morgan fingerprint density at radius 2 is 1.57 bits per heavy atom. The number of anilines is 1. The third-order valence-corrected chi connectivity index (χ3v) is 6.26. The van der Waals surface area contributed by atoms with E-state index in [1.807, 2.05) is 66.9 Å². The minimum absolute atomic E-state index is 0.133. The molecule has 192 valence electrons. The second-order valence-corrected chi connectivity index (χ2v) is 9.05. The molecule has 0 bridgehead atoms. The van der Waals surface area contributed by atoms with Gasteiger partial charge in [0.05, 0.1) is 24.7 Å². The molecule has 0 spiro atoms. The number of hydrogen-bond acceptors (Lipinski definition) is 7. The average Bonchev–Trinajstić information content (AvgIpc) is 3.32. The van der Waals surface area contributed by atoms with E-state index in [1.54, 1.807) is 24.3 Å². The maximum Gasteiger partial charge on any atom is 0.234 e. The third-order valence-electron chi connectivity index (χ3n) is 5.08. The summed E-state index contributed by atoms with van der Waals surface area (Å²) in [7, 11) is 0. The molecule has 1 aromatic heterocycles. The Balaban J connectivity index is 1.51. The number of nitrogens with zero attached hydrogens (tertiary/aromatic N) is 3. The van der Waals surface area contributed by atoms with Crippen LogP contribution in [-0.4, -0.2) is 39.6 Å². The lowest BCUT2D eigenvalue weighted by atomic mass is 10.3. The lowest BCUT2D eigenvalue weighted by Crippen LogP contribution is -2.15. The highest BCUT2D eigenvalue weighted by Crippen LogP contribution is 2.27. The molecule has 1 N–H and O–H groups in total. The topological polar surface area (TPSA) is 87.5 Å². The molecule has 0 fully saturated rings. The van der Waals surface area contributed by atoms with Crippen LogP contribution in [0.15, 0.2) is 78.0 Å². The van der Waals surface area contributed by atoms with E-state index in [9.17, 15) is 4.79 Å². The highest BCUT2D eigenvalue weighted by Gasteiger charge is 2.17. The second-order valence-electron chi connectivity index (χ2n) is 7.67. The Morgan fingerprint density at radius 1 is 0.892 bits per heavy atom. The largest absolute Gasteiger partial charge is 0.494 e. The van der Waals surface area contributed by atoms with Crippen LogP contribution in [0.25, 0.3) is 5.69 Å². The maximum atomic E-state index is 12.8.